The molecule has 1 saturated heterocycles. The molecule has 0 unspecified atom stereocenters. The number of benzene rings is 1. The highest BCUT2D eigenvalue weighted by atomic mass is 16.5. The molecule has 1 aromatic rings. The molecule has 6 heteroatoms. The van der Waals surface area contributed by atoms with E-state index >= 15 is 0 Å². The van der Waals surface area contributed by atoms with E-state index in [1.165, 1.54) is 0 Å². The summed E-state index contributed by atoms with van der Waals surface area (Å²) in [6.07, 6.45) is 3.67. The Hall–Kier alpha value is -2.24. The number of unbranched alkanes of at least 4 members (excludes halogenated alkanes) is 1. The number of rotatable bonds is 6. The van der Waals surface area contributed by atoms with Gasteiger partial charge in [-0.1, -0.05) is 25.5 Å². The van der Waals surface area contributed by atoms with Gasteiger partial charge in [0.1, 0.15) is 5.75 Å². The van der Waals surface area contributed by atoms with Crippen molar-refractivity contribution in [3.63, 3.8) is 0 Å². The van der Waals surface area contributed by atoms with E-state index in [9.17, 15) is 9.59 Å². The van der Waals surface area contributed by atoms with Crippen LogP contribution in [0, 0.1) is 5.92 Å². The minimum Gasteiger partial charge on any atom is -0.495 e. The number of carbonyl (C=O) groups excluding carboxylic acids is 2. The molecule has 3 amide bonds. The molecule has 25 heavy (non-hydrogen) atoms. The first-order valence-corrected chi connectivity index (χ1v) is 9.05. The standard InChI is InChI=1S/C19H29N3O3/c1-4-5-12-20-18(23)15-11-10-14(2)22(13-15)19(24)21-16-8-6-7-9-17(16)25-3/h6-9,14-15H,4-5,10-13H2,1-3H3,(H,20,23)(H,21,24)/t14-,15+/m0/s1. The van der Waals surface area contributed by atoms with Crippen molar-refractivity contribution in [2.24, 2.45) is 5.92 Å². The van der Waals surface area contributed by atoms with Crippen LogP contribution < -0.4 is 15.4 Å². The summed E-state index contributed by atoms with van der Waals surface area (Å²) in [7, 11) is 1.57. The topological polar surface area (TPSA) is 70.7 Å². The van der Waals surface area contributed by atoms with Crippen molar-refractivity contribution in [1.29, 1.82) is 0 Å². The third-order valence-electron chi connectivity index (χ3n) is 4.69. The molecule has 1 aromatic carbocycles. The molecule has 0 saturated carbocycles. The summed E-state index contributed by atoms with van der Waals surface area (Å²) in [5.41, 5.74) is 0.636. The van der Waals surface area contributed by atoms with Crippen LogP contribution in [0.2, 0.25) is 0 Å². The zero-order valence-electron chi connectivity index (χ0n) is 15.4. The summed E-state index contributed by atoms with van der Waals surface area (Å²) in [5.74, 6) is 0.529. The maximum absolute atomic E-state index is 12.7. The first-order chi connectivity index (χ1) is 12.1. The average Bonchev–Trinajstić information content (AvgIpc) is 2.62. The Morgan fingerprint density at radius 3 is 2.76 bits per heavy atom. The number of likely N-dealkylation sites (tertiary alicyclic amines) is 1. The van der Waals surface area contributed by atoms with E-state index in [4.69, 9.17) is 4.74 Å². The Balaban J connectivity index is 1.98. The Morgan fingerprint density at radius 1 is 1.28 bits per heavy atom. The Labute approximate surface area is 149 Å². The van der Waals surface area contributed by atoms with Gasteiger partial charge in [0, 0.05) is 19.1 Å². The number of nitrogens with zero attached hydrogens (tertiary/aromatic N) is 1. The smallest absolute Gasteiger partial charge is 0.322 e. The predicted molar refractivity (Wildman–Crippen MR) is 98.8 cm³/mol. The van der Waals surface area contributed by atoms with E-state index < -0.39 is 0 Å². The van der Waals surface area contributed by atoms with E-state index in [1.54, 1.807) is 24.1 Å². The molecule has 1 aliphatic heterocycles. The van der Waals surface area contributed by atoms with Gasteiger partial charge < -0.3 is 20.3 Å². The number of nitrogens with one attached hydrogen (secondary N) is 2. The number of urea groups is 1. The Bertz CT molecular complexity index is 591. The second kappa shape index (κ2) is 9.30. The molecule has 0 aliphatic carbocycles. The van der Waals surface area contributed by atoms with Crippen molar-refractivity contribution < 1.29 is 14.3 Å². The molecule has 0 radical (unpaired) electrons. The van der Waals surface area contributed by atoms with Crippen molar-refractivity contribution in [2.75, 3.05) is 25.5 Å². The average molecular weight is 347 g/mol. The number of hydrogen-bond acceptors (Lipinski definition) is 3. The lowest BCUT2D eigenvalue weighted by molar-refractivity contribution is -0.126. The summed E-state index contributed by atoms with van der Waals surface area (Å²) < 4.78 is 5.28. The lowest BCUT2D eigenvalue weighted by Crippen LogP contribution is -2.50. The maximum Gasteiger partial charge on any atom is 0.322 e. The molecule has 2 N–H and O–H groups in total. The number of anilines is 1. The minimum absolute atomic E-state index is 0.0513. The van der Waals surface area contributed by atoms with Crippen LogP contribution >= 0.6 is 0 Å². The van der Waals surface area contributed by atoms with E-state index in [-0.39, 0.29) is 23.9 Å². The quantitative estimate of drug-likeness (QED) is 0.776. The molecule has 2 atom stereocenters. The molecule has 0 aromatic heterocycles. The highest BCUT2D eigenvalue weighted by molar-refractivity contribution is 5.91. The Kier molecular flexibility index (Phi) is 7.10. The molecule has 1 heterocycles. The van der Waals surface area contributed by atoms with E-state index in [2.05, 4.69) is 17.6 Å². The number of ether oxygens (including phenoxy) is 1. The van der Waals surface area contributed by atoms with Gasteiger partial charge in [0.25, 0.3) is 0 Å². The van der Waals surface area contributed by atoms with E-state index in [0.717, 1.165) is 25.7 Å². The summed E-state index contributed by atoms with van der Waals surface area (Å²) in [6, 6.07) is 7.23. The monoisotopic (exact) mass is 347 g/mol. The molecule has 1 fully saturated rings. The molecule has 6 nitrogen and oxygen atoms in total. The van der Waals surface area contributed by atoms with Crippen molar-refractivity contribution in [2.45, 2.75) is 45.6 Å². The number of methoxy groups -OCH3 is 1. The van der Waals surface area contributed by atoms with Crippen LogP contribution in [0.5, 0.6) is 5.75 Å². The van der Waals surface area contributed by atoms with Crippen LogP contribution in [0.3, 0.4) is 0 Å². The van der Waals surface area contributed by atoms with Gasteiger partial charge >= 0.3 is 6.03 Å². The molecule has 0 spiro atoms. The zero-order chi connectivity index (χ0) is 18.2. The van der Waals surface area contributed by atoms with Gasteiger partial charge in [-0.2, -0.15) is 0 Å². The minimum atomic E-state index is -0.192. The van der Waals surface area contributed by atoms with Gasteiger partial charge in [-0.15, -0.1) is 0 Å². The largest absolute Gasteiger partial charge is 0.495 e. The fourth-order valence-electron chi connectivity index (χ4n) is 3.07. The summed E-state index contributed by atoms with van der Waals surface area (Å²) in [6.45, 7) is 5.26. The first-order valence-electron chi connectivity index (χ1n) is 9.05. The van der Waals surface area contributed by atoms with Gasteiger partial charge in [-0.25, -0.2) is 4.79 Å². The Morgan fingerprint density at radius 2 is 2.04 bits per heavy atom. The number of carbonyl (C=O) groups is 2. The maximum atomic E-state index is 12.7. The highest BCUT2D eigenvalue weighted by Crippen LogP contribution is 2.26. The first kappa shape index (κ1) is 19.1. The van der Waals surface area contributed by atoms with Crippen molar-refractivity contribution in [3.8, 4) is 5.75 Å². The lowest BCUT2D eigenvalue weighted by atomic mass is 9.93. The second-order valence-electron chi connectivity index (χ2n) is 6.55. The van der Waals surface area contributed by atoms with Gasteiger partial charge in [0.2, 0.25) is 5.91 Å². The molecule has 138 valence electrons. The number of para-hydroxylation sites is 2. The van der Waals surface area contributed by atoms with Gasteiger partial charge in [-0.3, -0.25) is 4.79 Å². The second-order valence-corrected chi connectivity index (χ2v) is 6.55. The van der Waals surface area contributed by atoms with Crippen LogP contribution in [0.4, 0.5) is 10.5 Å². The summed E-state index contributed by atoms with van der Waals surface area (Å²) in [5, 5.41) is 5.88. The number of hydrogen-bond donors (Lipinski definition) is 2. The molecule has 0 bridgehead atoms. The van der Waals surface area contributed by atoms with Gasteiger partial charge in [0.05, 0.1) is 18.7 Å². The fraction of sp³-hybridized carbons (Fsp3) is 0.579. The SMILES string of the molecule is CCCCNC(=O)[C@@H]1CC[C@H](C)N(C(=O)Nc2ccccc2OC)C1. The molecular weight excluding hydrogens is 318 g/mol. The number of piperidine rings is 1. The third kappa shape index (κ3) is 5.11. The van der Waals surface area contributed by atoms with E-state index in [0.29, 0.717) is 24.5 Å². The highest BCUT2D eigenvalue weighted by Gasteiger charge is 2.32. The van der Waals surface area contributed by atoms with Crippen LogP contribution in [0.15, 0.2) is 24.3 Å². The van der Waals surface area contributed by atoms with Gasteiger partial charge in [0.15, 0.2) is 0 Å². The van der Waals surface area contributed by atoms with Crippen molar-refractivity contribution in [1.82, 2.24) is 10.2 Å². The van der Waals surface area contributed by atoms with Crippen LogP contribution in [0.1, 0.15) is 39.5 Å². The van der Waals surface area contributed by atoms with Crippen LogP contribution in [-0.2, 0) is 4.79 Å². The van der Waals surface area contributed by atoms with Gasteiger partial charge in [-0.05, 0) is 38.3 Å². The van der Waals surface area contributed by atoms with Crippen molar-refractivity contribution in [3.05, 3.63) is 24.3 Å². The van der Waals surface area contributed by atoms with Crippen molar-refractivity contribution >= 4 is 17.6 Å². The van der Waals surface area contributed by atoms with Crippen LogP contribution in [-0.4, -0.2) is 43.1 Å². The normalized spacial score (nSPS) is 20.0. The number of amides is 3. The third-order valence-corrected chi connectivity index (χ3v) is 4.69. The zero-order valence-corrected chi connectivity index (χ0v) is 15.4. The molecular formula is C19H29N3O3. The molecule has 1 aliphatic rings. The fourth-order valence-corrected chi connectivity index (χ4v) is 3.07. The lowest BCUT2D eigenvalue weighted by Gasteiger charge is -2.37. The predicted octanol–water partition coefficient (Wildman–Crippen LogP) is 3.24. The van der Waals surface area contributed by atoms with Crippen LogP contribution in [0.25, 0.3) is 0 Å². The summed E-state index contributed by atoms with van der Waals surface area (Å²) >= 11 is 0. The molecule has 2 rings (SSSR count). The summed E-state index contributed by atoms with van der Waals surface area (Å²) in [4.78, 5) is 26.8. The van der Waals surface area contributed by atoms with E-state index in [1.807, 2.05) is 19.1 Å².